The van der Waals surface area contributed by atoms with Crippen molar-refractivity contribution in [1.82, 2.24) is 10.4 Å². The third kappa shape index (κ3) is 2.73. The molecule has 7 heteroatoms. The van der Waals surface area contributed by atoms with E-state index in [1.807, 2.05) is 11.9 Å². The van der Waals surface area contributed by atoms with Crippen LogP contribution >= 0.6 is 0 Å². The van der Waals surface area contributed by atoms with Crippen LogP contribution in [0.5, 0.6) is 0 Å². The number of carbonyl (C=O) groups is 1. The lowest BCUT2D eigenvalue weighted by Crippen LogP contribution is -2.45. The molecule has 3 N–H and O–H groups in total. The van der Waals surface area contributed by atoms with Gasteiger partial charge in [-0.05, 0) is 13.1 Å². The van der Waals surface area contributed by atoms with Gasteiger partial charge >= 0.3 is 0 Å². The number of piperazine rings is 1. The Morgan fingerprint density at radius 2 is 2.00 bits per heavy atom. The highest BCUT2D eigenvalue weighted by molar-refractivity contribution is 6.01. The average molecular weight is 279 g/mol. The van der Waals surface area contributed by atoms with Crippen LogP contribution in [0.15, 0.2) is 18.2 Å². The van der Waals surface area contributed by atoms with Gasteiger partial charge in [-0.1, -0.05) is 6.07 Å². The minimum absolute atomic E-state index is 0.303. The van der Waals surface area contributed by atoms with E-state index in [2.05, 4.69) is 11.6 Å². The van der Waals surface area contributed by atoms with Crippen molar-refractivity contribution in [3.8, 4) is 0 Å². The summed E-state index contributed by atoms with van der Waals surface area (Å²) < 4.78 is 0.738. The SMILES string of the molecule is C=[N+](O)c1cccc(C(=O)NO)c1N1CCN(C)CC1. The molecule has 0 saturated carbocycles. The number of hydrogen-bond donors (Lipinski definition) is 3. The number of anilines is 1. The molecular formula is C13H19N4O3+. The molecule has 0 aliphatic carbocycles. The van der Waals surface area contributed by atoms with Crippen LogP contribution in [0.1, 0.15) is 10.4 Å². The first-order chi connectivity index (χ1) is 9.54. The Morgan fingerprint density at radius 1 is 1.35 bits per heavy atom. The van der Waals surface area contributed by atoms with Gasteiger partial charge in [0.2, 0.25) is 0 Å². The van der Waals surface area contributed by atoms with Crippen molar-refractivity contribution in [2.45, 2.75) is 0 Å². The number of hydroxylamine groups is 1. The number of likely N-dealkylation sites (N-methyl/N-ethyl adjacent to an activating group) is 1. The van der Waals surface area contributed by atoms with Gasteiger partial charge in [-0.2, -0.15) is 0 Å². The molecule has 0 aromatic heterocycles. The zero-order chi connectivity index (χ0) is 14.7. The standard InChI is InChI=1S/C13H18N4O3/c1-15-6-8-17(9-7-15)12-10(13(18)14-19)4-3-5-11(12)16(2)20/h3-5H,2,6-9H2,1H3,(H2-,14,18,19,20)/p+1. The highest BCUT2D eigenvalue weighted by atomic mass is 16.5. The van der Waals surface area contributed by atoms with Gasteiger partial charge in [0, 0.05) is 37.0 Å². The summed E-state index contributed by atoms with van der Waals surface area (Å²) in [5.41, 5.74) is 2.94. The second kappa shape index (κ2) is 5.89. The van der Waals surface area contributed by atoms with Crippen LogP contribution in [0.4, 0.5) is 11.4 Å². The maximum atomic E-state index is 11.8. The molecule has 2 rings (SSSR count). The number of para-hydroxylation sites is 1. The number of benzene rings is 1. The van der Waals surface area contributed by atoms with Crippen molar-refractivity contribution >= 4 is 24.0 Å². The van der Waals surface area contributed by atoms with Gasteiger partial charge in [-0.15, -0.1) is 0 Å². The fourth-order valence-corrected chi connectivity index (χ4v) is 2.35. The lowest BCUT2D eigenvalue weighted by atomic mass is 10.1. The van der Waals surface area contributed by atoms with Gasteiger partial charge in [0.05, 0.1) is 5.56 Å². The molecule has 108 valence electrons. The fraction of sp³-hybridized carbons (Fsp3) is 0.385. The summed E-state index contributed by atoms with van der Waals surface area (Å²) in [6.45, 7) is 6.64. The quantitative estimate of drug-likeness (QED) is 0.244. The molecule has 1 aromatic carbocycles. The third-order valence-corrected chi connectivity index (χ3v) is 3.46. The van der Waals surface area contributed by atoms with Crippen molar-refractivity contribution in [2.75, 3.05) is 38.1 Å². The van der Waals surface area contributed by atoms with Crippen LogP contribution in [0.2, 0.25) is 0 Å². The van der Waals surface area contributed by atoms with E-state index < -0.39 is 5.91 Å². The second-order valence-corrected chi connectivity index (χ2v) is 4.80. The normalized spacial score (nSPS) is 16.0. The number of hydrogen-bond acceptors (Lipinski definition) is 5. The molecule has 1 aliphatic rings. The van der Waals surface area contributed by atoms with E-state index in [9.17, 15) is 10.0 Å². The first-order valence-corrected chi connectivity index (χ1v) is 6.35. The van der Waals surface area contributed by atoms with E-state index in [0.717, 1.165) is 30.9 Å². The second-order valence-electron chi connectivity index (χ2n) is 4.80. The predicted molar refractivity (Wildman–Crippen MR) is 74.2 cm³/mol. The van der Waals surface area contributed by atoms with Gasteiger partial charge in [-0.3, -0.25) is 15.2 Å². The molecule has 1 aromatic rings. The Kier molecular flexibility index (Phi) is 4.21. The summed E-state index contributed by atoms with van der Waals surface area (Å²) in [5, 5.41) is 18.5. The summed E-state index contributed by atoms with van der Waals surface area (Å²) >= 11 is 0. The topological polar surface area (TPSA) is 79.0 Å². The van der Waals surface area contributed by atoms with Gasteiger partial charge in [0.25, 0.3) is 11.6 Å². The molecule has 7 nitrogen and oxygen atoms in total. The Morgan fingerprint density at radius 3 is 2.55 bits per heavy atom. The Bertz CT molecular complexity index is 524. The van der Waals surface area contributed by atoms with Crippen molar-refractivity contribution in [1.29, 1.82) is 0 Å². The van der Waals surface area contributed by atoms with Crippen LogP contribution in [0.3, 0.4) is 0 Å². The molecule has 1 heterocycles. The van der Waals surface area contributed by atoms with Gasteiger partial charge in [0.15, 0.2) is 6.72 Å². The average Bonchev–Trinajstić information content (AvgIpc) is 2.46. The third-order valence-electron chi connectivity index (χ3n) is 3.46. The minimum atomic E-state index is -0.609. The van der Waals surface area contributed by atoms with Crippen molar-refractivity contribution in [3.05, 3.63) is 23.8 Å². The van der Waals surface area contributed by atoms with Gasteiger partial charge < -0.3 is 9.80 Å². The first-order valence-electron chi connectivity index (χ1n) is 6.35. The van der Waals surface area contributed by atoms with E-state index in [-0.39, 0.29) is 0 Å². The van der Waals surface area contributed by atoms with Crippen molar-refractivity contribution in [2.24, 2.45) is 0 Å². The highest BCUT2D eigenvalue weighted by Gasteiger charge is 2.27. The summed E-state index contributed by atoms with van der Waals surface area (Å²) in [5.74, 6) is -0.609. The fourth-order valence-electron chi connectivity index (χ4n) is 2.35. The molecule has 0 atom stereocenters. The summed E-state index contributed by atoms with van der Waals surface area (Å²) in [4.78, 5) is 16.0. The molecule has 1 amide bonds. The zero-order valence-corrected chi connectivity index (χ0v) is 11.4. The van der Waals surface area contributed by atoms with Gasteiger partial charge in [-0.25, -0.2) is 5.48 Å². The van der Waals surface area contributed by atoms with Gasteiger partial charge in [0.1, 0.15) is 5.69 Å². The molecule has 0 bridgehead atoms. The zero-order valence-electron chi connectivity index (χ0n) is 11.4. The lowest BCUT2D eigenvalue weighted by Gasteiger charge is -2.34. The first kappa shape index (κ1) is 14.3. The number of amides is 1. The summed E-state index contributed by atoms with van der Waals surface area (Å²) in [6.07, 6.45) is 0. The van der Waals surface area contributed by atoms with E-state index in [1.54, 1.807) is 23.7 Å². The Balaban J connectivity index is 2.46. The largest absolute Gasteiger partial charge is 0.363 e. The van der Waals surface area contributed by atoms with Crippen LogP contribution in [-0.4, -0.2) is 65.9 Å². The van der Waals surface area contributed by atoms with Crippen LogP contribution in [-0.2, 0) is 0 Å². The molecule has 0 unspecified atom stereocenters. The van der Waals surface area contributed by atoms with E-state index in [1.165, 1.54) is 0 Å². The Hall–Kier alpha value is -2.12. The lowest BCUT2D eigenvalue weighted by molar-refractivity contribution is -0.706. The molecule has 0 radical (unpaired) electrons. The minimum Gasteiger partial charge on any atom is -0.363 e. The smallest absolute Gasteiger partial charge is 0.280 e. The van der Waals surface area contributed by atoms with Crippen LogP contribution in [0, 0.1) is 0 Å². The summed E-state index contributed by atoms with van der Waals surface area (Å²) in [6, 6.07) is 4.91. The monoisotopic (exact) mass is 279 g/mol. The van der Waals surface area contributed by atoms with E-state index >= 15 is 0 Å². The number of rotatable bonds is 3. The molecule has 1 aliphatic heterocycles. The number of carbonyl (C=O) groups excluding carboxylic acids is 1. The van der Waals surface area contributed by atoms with E-state index in [0.29, 0.717) is 16.9 Å². The molecular weight excluding hydrogens is 260 g/mol. The maximum Gasteiger partial charge on any atom is 0.280 e. The number of nitrogens with zero attached hydrogens (tertiary/aromatic N) is 3. The van der Waals surface area contributed by atoms with E-state index in [4.69, 9.17) is 5.21 Å². The number of nitrogens with one attached hydrogen (secondary N) is 1. The van der Waals surface area contributed by atoms with Crippen molar-refractivity contribution < 1.29 is 19.9 Å². The van der Waals surface area contributed by atoms with Crippen LogP contribution < -0.4 is 10.4 Å². The summed E-state index contributed by atoms with van der Waals surface area (Å²) in [7, 11) is 2.03. The molecule has 20 heavy (non-hydrogen) atoms. The Labute approximate surface area is 117 Å². The maximum absolute atomic E-state index is 11.8. The van der Waals surface area contributed by atoms with Crippen LogP contribution in [0.25, 0.3) is 0 Å². The molecule has 1 fully saturated rings. The van der Waals surface area contributed by atoms with Crippen molar-refractivity contribution in [3.63, 3.8) is 0 Å². The predicted octanol–water partition coefficient (Wildman–Crippen LogP) is 0.291. The highest BCUT2D eigenvalue weighted by Crippen LogP contribution is 2.32. The molecule has 0 spiro atoms. The molecule has 1 saturated heterocycles.